The van der Waals surface area contributed by atoms with Crippen molar-refractivity contribution in [3.8, 4) is 17.1 Å². The van der Waals surface area contributed by atoms with Gasteiger partial charge in [-0.05, 0) is 36.0 Å². The number of pyridine rings is 1. The first-order valence-electron chi connectivity index (χ1n) is 7.57. The fraction of sp³-hybridized carbons (Fsp3) is 0. The highest BCUT2D eigenvalue weighted by molar-refractivity contribution is 7.99. The average molecular weight is 330 g/mol. The first-order chi connectivity index (χ1) is 11.9. The number of rotatable bonds is 4. The number of nitrogens with zero attached hydrogens (tertiary/aromatic N) is 4. The monoisotopic (exact) mass is 330 g/mol. The third kappa shape index (κ3) is 2.94. The molecule has 2 heterocycles. The van der Waals surface area contributed by atoms with Gasteiger partial charge < -0.3 is 0 Å². The number of para-hydroxylation sites is 1. The molecule has 4 nitrogen and oxygen atoms in total. The number of hydrogen-bond acceptors (Lipinski definition) is 4. The second kappa shape index (κ2) is 6.68. The molecule has 2 aromatic heterocycles. The van der Waals surface area contributed by atoms with E-state index in [0.29, 0.717) is 0 Å². The van der Waals surface area contributed by atoms with Crippen molar-refractivity contribution < 1.29 is 0 Å². The van der Waals surface area contributed by atoms with Crippen LogP contribution in [0.5, 0.6) is 0 Å². The molecule has 0 fully saturated rings. The van der Waals surface area contributed by atoms with Crippen LogP contribution >= 0.6 is 11.8 Å². The van der Waals surface area contributed by atoms with E-state index < -0.39 is 0 Å². The topological polar surface area (TPSA) is 43.6 Å². The van der Waals surface area contributed by atoms with Crippen molar-refractivity contribution in [2.24, 2.45) is 0 Å². The molecule has 0 amide bonds. The molecular formula is C19H14N4S. The quantitative estimate of drug-likeness (QED) is 0.553. The highest BCUT2D eigenvalue weighted by Crippen LogP contribution is 2.30. The predicted molar refractivity (Wildman–Crippen MR) is 95.2 cm³/mol. The minimum absolute atomic E-state index is 0.791. The van der Waals surface area contributed by atoms with Crippen molar-refractivity contribution in [3.63, 3.8) is 0 Å². The second-order valence-electron chi connectivity index (χ2n) is 5.11. The molecule has 2 aromatic carbocycles. The van der Waals surface area contributed by atoms with Crippen LogP contribution in [-0.4, -0.2) is 19.7 Å². The number of aromatic nitrogens is 4. The minimum atomic E-state index is 0.791. The van der Waals surface area contributed by atoms with Gasteiger partial charge in [0.15, 0.2) is 5.82 Å². The summed E-state index contributed by atoms with van der Waals surface area (Å²) in [7, 11) is 0. The third-order valence-electron chi connectivity index (χ3n) is 3.51. The minimum Gasteiger partial charge on any atom is -0.270 e. The highest BCUT2D eigenvalue weighted by atomic mass is 32.2. The first-order valence-corrected chi connectivity index (χ1v) is 8.38. The average Bonchev–Trinajstić information content (AvgIpc) is 3.07. The van der Waals surface area contributed by atoms with Crippen molar-refractivity contribution in [2.45, 2.75) is 10.2 Å². The molecule has 0 unspecified atom stereocenters. The Labute approximate surface area is 144 Å². The zero-order chi connectivity index (χ0) is 16.2. The Hall–Kier alpha value is -2.92. The molecule has 0 aliphatic rings. The summed E-state index contributed by atoms with van der Waals surface area (Å²) in [6.45, 7) is 0. The van der Waals surface area contributed by atoms with Crippen LogP contribution in [0.3, 0.4) is 0 Å². The van der Waals surface area contributed by atoms with E-state index in [1.807, 2.05) is 66.7 Å². The van der Waals surface area contributed by atoms with Gasteiger partial charge in [0.25, 0.3) is 0 Å². The molecule has 4 rings (SSSR count). The van der Waals surface area contributed by atoms with Crippen molar-refractivity contribution in [1.29, 1.82) is 0 Å². The van der Waals surface area contributed by atoms with Gasteiger partial charge in [0, 0.05) is 17.4 Å². The van der Waals surface area contributed by atoms with Crippen LogP contribution in [0.4, 0.5) is 0 Å². The normalized spacial score (nSPS) is 10.7. The highest BCUT2D eigenvalue weighted by Gasteiger charge is 2.16. The number of hydrogen-bond donors (Lipinski definition) is 0. The molecule has 0 aliphatic carbocycles. The maximum atomic E-state index is 4.42. The second-order valence-corrected chi connectivity index (χ2v) is 6.10. The van der Waals surface area contributed by atoms with E-state index >= 15 is 0 Å². The fourth-order valence-corrected chi connectivity index (χ4v) is 3.23. The van der Waals surface area contributed by atoms with Gasteiger partial charge in [-0.2, -0.15) is 0 Å². The van der Waals surface area contributed by atoms with Crippen LogP contribution < -0.4 is 0 Å². The Morgan fingerprint density at radius 1 is 0.708 bits per heavy atom. The first kappa shape index (κ1) is 14.7. The molecule has 0 atom stereocenters. The Balaban J connectivity index is 1.84. The molecule has 116 valence electrons. The van der Waals surface area contributed by atoms with E-state index in [1.165, 1.54) is 11.8 Å². The van der Waals surface area contributed by atoms with E-state index in [2.05, 4.69) is 31.9 Å². The van der Waals surface area contributed by atoms with Gasteiger partial charge in [-0.25, -0.2) is 4.98 Å². The van der Waals surface area contributed by atoms with E-state index in [4.69, 9.17) is 0 Å². The van der Waals surface area contributed by atoms with Gasteiger partial charge in [0.2, 0.25) is 5.16 Å². The smallest absolute Gasteiger partial charge is 0.202 e. The largest absolute Gasteiger partial charge is 0.270 e. The lowest BCUT2D eigenvalue weighted by atomic mass is 10.2. The van der Waals surface area contributed by atoms with Crippen LogP contribution in [0.25, 0.3) is 17.1 Å². The van der Waals surface area contributed by atoms with Crippen LogP contribution in [0.15, 0.2) is 95.2 Å². The summed E-state index contributed by atoms with van der Waals surface area (Å²) < 4.78 is 2.06. The standard InChI is InChI=1S/C19H14N4S/c1-3-9-15(10-4-1)18-21-22-19(24-17-13-7-8-14-20-17)23(18)16-11-5-2-6-12-16/h1-14H. The molecule has 0 aliphatic heterocycles. The summed E-state index contributed by atoms with van der Waals surface area (Å²) >= 11 is 1.50. The van der Waals surface area contributed by atoms with Gasteiger partial charge >= 0.3 is 0 Å². The van der Waals surface area contributed by atoms with E-state index in [1.54, 1.807) is 6.20 Å². The maximum Gasteiger partial charge on any atom is 0.202 e. The van der Waals surface area contributed by atoms with Crippen LogP contribution in [0, 0.1) is 0 Å². The lowest BCUT2D eigenvalue weighted by Crippen LogP contribution is -1.99. The summed E-state index contributed by atoms with van der Waals surface area (Å²) in [5, 5.41) is 10.5. The molecule has 0 saturated heterocycles. The maximum absolute atomic E-state index is 4.42. The summed E-state index contributed by atoms with van der Waals surface area (Å²) in [6, 6.07) is 26.1. The van der Waals surface area contributed by atoms with Gasteiger partial charge in [-0.1, -0.05) is 54.6 Å². The zero-order valence-electron chi connectivity index (χ0n) is 12.8. The van der Waals surface area contributed by atoms with Gasteiger partial charge in [-0.3, -0.25) is 4.57 Å². The van der Waals surface area contributed by atoms with E-state index in [-0.39, 0.29) is 0 Å². The molecule has 0 spiro atoms. The zero-order valence-corrected chi connectivity index (χ0v) is 13.6. The molecular weight excluding hydrogens is 316 g/mol. The SMILES string of the molecule is c1ccc(-c2nnc(Sc3ccccn3)n2-c2ccccc2)cc1. The van der Waals surface area contributed by atoms with Gasteiger partial charge in [0.1, 0.15) is 5.03 Å². The lowest BCUT2D eigenvalue weighted by molar-refractivity contribution is 0.883. The van der Waals surface area contributed by atoms with Crippen LogP contribution in [-0.2, 0) is 0 Å². The molecule has 0 saturated carbocycles. The van der Waals surface area contributed by atoms with Gasteiger partial charge in [0.05, 0.1) is 0 Å². The van der Waals surface area contributed by atoms with Crippen molar-refractivity contribution in [3.05, 3.63) is 85.1 Å². The number of benzene rings is 2. The Morgan fingerprint density at radius 3 is 2.12 bits per heavy atom. The Kier molecular flexibility index (Phi) is 4.08. The third-order valence-corrected chi connectivity index (χ3v) is 4.41. The summed E-state index contributed by atoms with van der Waals surface area (Å²) in [5.41, 5.74) is 2.06. The van der Waals surface area contributed by atoms with Crippen molar-refractivity contribution in [1.82, 2.24) is 19.7 Å². The molecule has 0 bridgehead atoms. The van der Waals surface area contributed by atoms with Crippen molar-refractivity contribution in [2.75, 3.05) is 0 Å². The Bertz CT molecular complexity index is 922. The molecule has 24 heavy (non-hydrogen) atoms. The summed E-state index contributed by atoms with van der Waals surface area (Å²) in [4.78, 5) is 4.37. The van der Waals surface area contributed by atoms with Crippen LogP contribution in [0.1, 0.15) is 0 Å². The summed E-state index contributed by atoms with van der Waals surface area (Å²) in [6.07, 6.45) is 1.78. The molecule has 0 radical (unpaired) electrons. The Morgan fingerprint density at radius 2 is 1.42 bits per heavy atom. The van der Waals surface area contributed by atoms with Gasteiger partial charge in [-0.15, -0.1) is 10.2 Å². The molecule has 4 aromatic rings. The van der Waals surface area contributed by atoms with E-state index in [9.17, 15) is 0 Å². The van der Waals surface area contributed by atoms with E-state index in [0.717, 1.165) is 27.3 Å². The lowest BCUT2D eigenvalue weighted by Gasteiger charge is -2.10. The summed E-state index contributed by atoms with van der Waals surface area (Å²) in [5.74, 6) is 0.820. The molecule has 5 heteroatoms. The molecule has 0 N–H and O–H groups in total. The predicted octanol–water partition coefficient (Wildman–Crippen LogP) is 4.48. The van der Waals surface area contributed by atoms with Crippen molar-refractivity contribution >= 4 is 11.8 Å². The fourth-order valence-electron chi connectivity index (χ4n) is 2.42. The van der Waals surface area contributed by atoms with Crippen LogP contribution in [0.2, 0.25) is 0 Å².